The summed E-state index contributed by atoms with van der Waals surface area (Å²) < 4.78 is 39.3. The first kappa shape index (κ1) is 12.8. The molecule has 0 heterocycles. The molecule has 0 aliphatic heterocycles. The fourth-order valence-electron chi connectivity index (χ4n) is 0.871. The van der Waals surface area contributed by atoms with E-state index in [1.54, 1.807) is 0 Å². The predicted molar refractivity (Wildman–Crippen MR) is 34.6 cm³/mol. The van der Waals surface area contributed by atoms with Crippen molar-refractivity contribution in [1.82, 2.24) is 0 Å². The summed E-state index contributed by atoms with van der Waals surface area (Å²) in [6.45, 7) is 0.161. The molecule has 1 saturated carbocycles. The molecule has 0 unspecified atom stereocenters. The molecular formula is C5H9NaO5S. The van der Waals surface area contributed by atoms with Crippen LogP contribution in [-0.2, 0) is 19.3 Å². The van der Waals surface area contributed by atoms with Gasteiger partial charge in [-0.25, -0.2) is 8.42 Å². The standard InChI is InChI=1S/C5H10O5S.Na/c1-9-4-5(2-3-5)10-11(6,7)8;/h2-4H2,1H3,(H,6,7,8);/q;+1/p-1. The van der Waals surface area contributed by atoms with Crippen molar-refractivity contribution in [2.75, 3.05) is 13.7 Å². The van der Waals surface area contributed by atoms with Crippen LogP contribution in [0.3, 0.4) is 0 Å². The third-order valence-electron chi connectivity index (χ3n) is 1.49. The van der Waals surface area contributed by atoms with Gasteiger partial charge in [-0.05, 0) is 12.8 Å². The topological polar surface area (TPSA) is 75.7 Å². The molecular weight excluding hydrogens is 195 g/mol. The van der Waals surface area contributed by atoms with Gasteiger partial charge in [0.2, 0.25) is 10.4 Å². The van der Waals surface area contributed by atoms with Crippen molar-refractivity contribution in [1.29, 1.82) is 0 Å². The first-order chi connectivity index (χ1) is 4.97. The number of hydrogen-bond donors (Lipinski definition) is 0. The van der Waals surface area contributed by atoms with Gasteiger partial charge in [0, 0.05) is 7.11 Å². The molecule has 1 fully saturated rings. The molecule has 1 rings (SSSR count). The zero-order valence-corrected chi connectivity index (χ0v) is 9.89. The van der Waals surface area contributed by atoms with Gasteiger partial charge >= 0.3 is 29.6 Å². The average Bonchev–Trinajstić information content (AvgIpc) is 2.44. The van der Waals surface area contributed by atoms with Crippen molar-refractivity contribution in [3.05, 3.63) is 0 Å². The Labute approximate surface area is 93.7 Å². The minimum absolute atomic E-state index is 0. The van der Waals surface area contributed by atoms with Gasteiger partial charge in [0.1, 0.15) is 5.60 Å². The summed E-state index contributed by atoms with van der Waals surface area (Å²) in [4.78, 5) is 0. The van der Waals surface area contributed by atoms with E-state index in [0.717, 1.165) is 0 Å². The van der Waals surface area contributed by atoms with E-state index in [1.807, 2.05) is 0 Å². The molecule has 0 saturated heterocycles. The van der Waals surface area contributed by atoms with Crippen molar-refractivity contribution in [2.24, 2.45) is 0 Å². The van der Waals surface area contributed by atoms with E-state index in [4.69, 9.17) is 0 Å². The summed E-state index contributed by atoms with van der Waals surface area (Å²) in [5.74, 6) is 0. The maximum atomic E-state index is 10.1. The normalized spacial score (nSPS) is 19.8. The molecule has 0 atom stereocenters. The summed E-state index contributed by atoms with van der Waals surface area (Å²) in [6.07, 6.45) is 1.14. The van der Waals surface area contributed by atoms with Gasteiger partial charge in [-0.3, -0.25) is 4.18 Å². The molecule has 0 N–H and O–H groups in total. The van der Waals surface area contributed by atoms with E-state index in [9.17, 15) is 13.0 Å². The molecule has 0 spiro atoms. The predicted octanol–water partition coefficient (Wildman–Crippen LogP) is -3.35. The van der Waals surface area contributed by atoms with E-state index in [1.165, 1.54) is 7.11 Å². The molecule has 0 aromatic rings. The van der Waals surface area contributed by atoms with Gasteiger partial charge in [-0.1, -0.05) is 0 Å². The van der Waals surface area contributed by atoms with Crippen LogP contribution in [-0.4, -0.2) is 32.3 Å². The number of ether oxygens (including phenoxy) is 1. The van der Waals surface area contributed by atoms with Gasteiger partial charge < -0.3 is 9.29 Å². The fourth-order valence-corrected chi connectivity index (χ4v) is 1.52. The van der Waals surface area contributed by atoms with E-state index in [-0.39, 0.29) is 36.2 Å². The molecule has 7 heteroatoms. The Balaban J connectivity index is 0.00000121. The average molecular weight is 204 g/mol. The molecule has 0 bridgehead atoms. The Kier molecular flexibility index (Phi) is 4.67. The monoisotopic (exact) mass is 204 g/mol. The molecule has 12 heavy (non-hydrogen) atoms. The Hall–Kier alpha value is 0.830. The van der Waals surface area contributed by atoms with E-state index in [0.29, 0.717) is 12.8 Å². The van der Waals surface area contributed by atoms with Crippen molar-refractivity contribution < 1.29 is 51.4 Å². The second kappa shape index (κ2) is 4.36. The number of rotatable bonds is 4. The van der Waals surface area contributed by atoms with E-state index < -0.39 is 16.0 Å². The van der Waals surface area contributed by atoms with E-state index >= 15 is 0 Å². The van der Waals surface area contributed by atoms with Crippen molar-refractivity contribution >= 4 is 10.4 Å². The maximum absolute atomic E-state index is 10.1. The molecule has 0 aromatic heterocycles. The van der Waals surface area contributed by atoms with Gasteiger partial charge in [0.25, 0.3) is 0 Å². The van der Waals surface area contributed by atoms with Crippen LogP contribution in [0.2, 0.25) is 0 Å². The minimum atomic E-state index is -4.57. The Morgan fingerprint density at radius 3 is 2.25 bits per heavy atom. The Morgan fingerprint density at radius 2 is 2.00 bits per heavy atom. The third-order valence-corrected chi connectivity index (χ3v) is 2.05. The molecule has 1 aliphatic rings. The summed E-state index contributed by atoms with van der Waals surface area (Å²) in [5.41, 5.74) is -0.838. The zero-order chi connectivity index (χ0) is 8.54. The van der Waals surface area contributed by atoms with Gasteiger partial charge in [-0.2, -0.15) is 0 Å². The largest absolute Gasteiger partial charge is 1.00 e. The minimum Gasteiger partial charge on any atom is -0.726 e. The molecule has 1 aliphatic carbocycles. The van der Waals surface area contributed by atoms with Crippen LogP contribution in [0.15, 0.2) is 0 Å². The van der Waals surface area contributed by atoms with Gasteiger partial charge in [0.15, 0.2) is 0 Å². The third kappa shape index (κ3) is 4.18. The summed E-state index contributed by atoms with van der Waals surface area (Å²) in [5, 5.41) is 0. The molecule has 0 radical (unpaired) electrons. The second-order valence-electron chi connectivity index (χ2n) is 2.61. The van der Waals surface area contributed by atoms with Crippen LogP contribution in [0.1, 0.15) is 12.8 Å². The quantitative estimate of drug-likeness (QED) is 0.272. The second-order valence-corrected chi connectivity index (χ2v) is 3.59. The molecule has 0 aromatic carbocycles. The first-order valence-corrected chi connectivity index (χ1v) is 4.46. The van der Waals surface area contributed by atoms with Crippen LogP contribution in [0, 0.1) is 0 Å². The summed E-state index contributed by atoms with van der Waals surface area (Å²) in [7, 11) is -3.14. The van der Waals surface area contributed by atoms with Crippen LogP contribution in [0.4, 0.5) is 0 Å². The Bertz CT molecular complexity index is 232. The summed E-state index contributed by atoms with van der Waals surface area (Å²) >= 11 is 0. The van der Waals surface area contributed by atoms with Crippen LogP contribution >= 0.6 is 0 Å². The molecule has 66 valence electrons. The summed E-state index contributed by atoms with van der Waals surface area (Å²) in [6, 6.07) is 0. The van der Waals surface area contributed by atoms with Crippen molar-refractivity contribution in [2.45, 2.75) is 18.4 Å². The Morgan fingerprint density at radius 1 is 1.50 bits per heavy atom. The van der Waals surface area contributed by atoms with Crippen molar-refractivity contribution in [3.63, 3.8) is 0 Å². The van der Waals surface area contributed by atoms with Crippen molar-refractivity contribution in [3.8, 4) is 0 Å². The van der Waals surface area contributed by atoms with Gasteiger partial charge in [0.05, 0.1) is 6.61 Å². The van der Waals surface area contributed by atoms with Crippen LogP contribution < -0.4 is 29.6 Å². The number of methoxy groups -OCH3 is 1. The number of hydrogen-bond acceptors (Lipinski definition) is 5. The fraction of sp³-hybridized carbons (Fsp3) is 1.00. The molecule has 5 nitrogen and oxygen atoms in total. The maximum Gasteiger partial charge on any atom is 1.00 e. The van der Waals surface area contributed by atoms with Crippen LogP contribution in [0.25, 0.3) is 0 Å². The van der Waals surface area contributed by atoms with Gasteiger partial charge in [-0.15, -0.1) is 0 Å². The first-order valence-electron chi connectivity index (χ1n) is 3.13. The van der Waals surface area contributed by atoms with E-state index in [2.05, 4.69) is 8.92 Å². The van der Waals surface area contributed by atoms with Crippen LogP contribution in [0.5, 0.6) is 0 Å². The zero-order valence-electron chi connectivity index (χ0n) is 7.07. The SMILES string of the molecule is COCC1(OS(=O)(=O)[O-])CC1.[Na+]. The molecule has 0 amide bonds. The smallest absolute Gasteiger partial charge is 0.726 e.